The second-order valence-electron chi connectivity index (χ2n) is 3.09. The van der Waals surface area contributed by atoms with E-state index in [0.717, 1.165) is 0 Å². The van der Waals surface area contributed by atoms with Gasteiger partial charge in [-0.1, -0.05) is 0 Å². The third-order valence-electron chi connectivity index (χ3n) is 2.18. The molecule has 1 aliphatic rings. The van der Waals surface area contributed by atoms with Gasteiger partial charge in [-0.05, 0) is 6.92 Å². The van der Waals surface area contributed by atoms with Crippen LogP contribution in [-0.2, 0) is 14.3 Å². The minimum absolute atomic E-state index is 0. The maximum Gasteiger partial charge on any atom is 0.272 e. The lowest BCUT2D eigenvalue weighted by molar-refractivity contribution is 0.0865. The lowest BCUT2D eigenvalue weighted by atomic mass is 10.1. The highest BCUT2D eigenvalue weighted by atomic mass is 35.5. The van der Waals surface area contributed by atoms with E-state index >= 15 is 0 Å². The molecule has 1 aliphatic heterocycles. The Kier molecular flexibility index (Phi) is 5.94. The van der Waals surface area contributed by atoms with Crippen LogP contribution >= 0.6 is 12.4 Å². The Morgan fingerprint density at radius 3 is 2.53 bits per heavy atom. The van der Waals surface area contributed by atoms with Crippen molar-refractivity contribution in [1.29, 1.82) is 0 Å². The number of alkyl halides is 2. The Labute approximate surface area is 93.9 Å². The number of nitrogens with one attached hydrogen (secondary N) is 1. The van der Waals surface area contributed by atoms with Crippen molar-refractivity contribution < 1.29 is 21.4 Å². The fraction of sp³-hybridized carbons (Fsp3) is 1.00. The maximum absolute atomic E-state index is 12.4. The van der Waals surface area contributed by atoms with Crippen LogP contribution in [0.2, 0.25) is 0 Å². The minimum atomic E-state index is -3.85. The summed E-state index contributed by atoms with van der Waals surface area (Å²) in [5.74, 6) is -1.16. The van der Waals surface area contributed by atoms with Gasteiger partial charge in [0, 0.05) is 13.1 Å². The second-order valence-corrected chi connectivity index (χ2v) is 4.92. The third kappa shape index (κ3) is 3.51. The quantitative estimate of drug-likeness (QED) is 0.758. The molecule has 1 rings (SSSR count). The van der Waals surface area contributed by atoms with Crippen LogP contribution in [0.3, 0.4) is 0 Å². The minimum Gasteiger partial charge on any atom is -0.315 e. The van der Waals surface area contributed by atoms with E-state index in [9.17, 15) is 17.2 Å². The summed E-state index contributed by atoms with van der Waals surface area (Å²) >= 11 is 0. The molecular weight excluding hydrogens is 252 g/mol. The molecule has 0 radical (unpaired) electrons. The van der Waals surface area contributed by atoms with E-state index in [-0.39, 0.29) is 32.1 Å². The van der Waals surface area contributed by atoms with Gasteiger partial charge in [0.2, 0.25) is 6.43 Å². The van der Waals surface area contributed by atoms with E-state index in [1.54, 1.807) is 0 Å². The Morgan fingerprint density at radius 2 is 2.07 bits per heavy atom. The fourth-order valence-electron chi connectivity index (χ4n) is 1.49. The zero-order valence-electron chi connectivity index (χ0n) is 8.15. The van der Waals surface area contributed by atoms with Crippen molar-refractivity contribution in [2.24, 2.45) is 5.92 Å². The van der Waals surface area contributed by atoms with E-state index in [4.69, 9.17) is 0 Å². The first-order chi connectivity index (χ1) is 6.49. The summed E-state index contributed by atoms with van der Waals surface area (Å²) in [7, 11) is -3.85. The zero-order chi connectivity index (χ0) is 10.8. The highest BCUT2D eigenvalue weighted by Gasteiger charge is 2.42. The zero-order valence-corrected chi connectivity index (χ0v) is 9.78. The molecule has 0 aromatic heterocycles. The second kappa shape index (κ2) is 5.93. The molecule has 1 heterocycles. The van der Waals surface area contributed by atoms with E-state index < -0.39 is 27.7 Å². The van der Waals surface area contributed by atoms with Crippen molar-refractivity contribution in [3.05, 3.63) is 0 Å². The molecule has 0 amide bonds. The average molecular weight is 266 g/mol. The van der Waals surface area contributed by atoms with Crippen LogP contribution in [0.5, 0.6) is 0 Å². The van der Waals surface area contributed by atoms with Crippen LogP contribution in [0.15, 0.2) is 0 Å². The van der Waals surface area contributed by atoms with E-state index in [2.05, 4.69) is 9.50 Å². The normalized spacial score (nSPS) is 26.7. The third-order valence-corrected chi connectivity index (χ3v) is 4.00. The average Bonchev–Trinajstić information content (AvgIpc) is 2.51. The smallest absolute Gasteiger partial charge is 0.272 e. The highest BCUT2D eigenvalue weighted by Crippen LogP contribution is 2.24. The van der Waals surface area contributed by atoms with Crippen molar-refractivity contribution in [3.63, 3.8) is 0 Å². The summed E-state index contributed by atoms with van der Waals surface area (Å²) in [5.41, 5.74) is 0. The number of halogens is 3. The Bertz CT molecular complexity index is 286. The molecule has 0 spiro atoms. The van der Waals surface area contributed by atoms with Crippen LogP contribution in [-0.4, -0.2) is 39.8 Å². The first kappa shape index (κ1) is 15.0. The molecule has 0 aliphatic carbocycles. The van der Waals surface area contributed by atoms with Crippen molar-refractivity contribution in [2.75, 3.05) is 19.7 Å². The van der Waals surface area contributed by atoms with Gasteiger partial charge in [0.15, 0.2) is 0 Å². The standard InChI is InChI=1S/C7H13F2NO3S.ClH/c1-2-13-14(11,12)6-4-10-3-5(6)7(8)9;/h5-7,10H,2-4H2,1H3;1H. The van der Waals surface area contributed by atoms with E-state index in [1.807, 2.05) is 0 Å². The number of rotatable bonds is 4. The Hall–Kier alpha value is 0.0200. The van der Waals surface area contributed by atoms with Gasteiger partial charge < -0.3 is 5.32 Å². The summed E-state index contributed by atoms with van der Waals surface area (Å²) in [6.07, 6.45) is -2.63. The molecule has 1 saturated heterocycles. The first-order valence-electron chi connectivity index (χ1n) is 4.36. The monoisotopic (exact) mass is 265 g/mol. The van der Waals surface area contributed by atoms with Gasteiger partial charge >= 0.3 is 0 Å². The topological polar surface area (TPSA) is 55.4 Å². The van der Waals surface area contributed by atoms with Crippen LogP contribution in [0, 0.1) is 5.92 Å². The summed E-state index contributed by atoms with van der Waals surface area (Å²) in [5, 5.41) is 1.51. The van der Waals surface area contributed by atoms with E-state index in [1.165, 1.54) is 6.92 Å². The predicted octanol–water partition coefficient (Wildman–Crippen LogP) is 0.628. The molecular formula is C7H14ClF2NO3S. The van der Waals surface area contributed by atoms with Gasteiger partial charge in [-0.25, -0.2) is 8.78 Å². The molecule has 15 heavy (non-hydrogen) atoms. The molecule has 2 unspecified atom stereocenters. The van der Waals surface area contributed by atoms with Crippen molar-refractivity contribution in [1.82, 2.24) is 5.32 Å². The van der Waals surface area contributed by atoms with Crippen LogP contribution < -0.4 is 5.32 Å². The molecule has 0 aromatic rings. The number of hydrogen-bond donors (Lipinski definition) is 1. The molecule has 2 atom stereocenters. The molecule has 8 heteroatoms. The lowest BCUT2D eigenvalue weighted by Crippen LogP contribution is -2.34. The van der Waals surface area contributed by atoms with Crippen molar-refractivity contribution in [2.45, 2.75) is 18.6 Å². The lowest BCUT2D eigenvalue weighted by Gasteiger charge is -2.16. The fourth-order valence-corrected chi connectivity index (χ4v) is 2.96. The van der Waals surface area contributed by atoms with Crippen molar-refractivity contribution >= 4 is 22.5 Å². The molecule has 4 nitrogen and oxygen atoms in total. The summed E-state index contributed by atoms with van der Waals surface area (Å²) in [6.45, 7) is 1.55. The van der Waals surface area contributed by atoms with Gasteiger partial charge in [-0.2, -0.15) is 8.42 Å². The van der Waals surface area contributed by atoms with Gasteiger partial charge in [0.05, 0.1) is 12.5 Å². The SMILES string of the molecule is CCOS(=O)(=O)C1CNCC1C(F)F.Cl. The Balaban J connectivity index is 0.00000196. The van der Waals surface area contributed by atoms with E-state index in [0.29, 0.717) is 0 Å². The number of hydrogen-bond acceptors (Lipinski definition) is 4. The first-order valence-corrected chi connectivity index (χ1v) is 5.83. The van der Waals surface area contributed by atoms with Gasteiger partial charge in [0.25, 0.3) is 10.1 Å². The molecule has 92 valence electrons. The summed E-state index contributed by atoms with van der Waals surface area (Å²) in [4.78, 5) is 0. The summed E-state index contributed by atoms with van der Waals surface area (Å²) in [6, 6.07) is 0. The van der Waals surface area contributed by atoms with Crippen LogP contribution in [0.4, 0.5) is 8.78 Å². The molecule has 0 aromatic carbocycles. The summed E-state index contributed by atoms with van der Waals surface area (Å²) < 4.78 is 52.0. The van der Waals surface area contributed by atoms with Gasteiger partial charge in [-0.15, -0.1) is 12.4 Å². The highest BCUT2D eigenvalue weighted by molar-refractivity contribution is 7.87. The molecule has 0 saturated carbocycles. The predicted molar refractivity (Wildman–Crippen MR) is 53.9 cm³/mol. The van der Waals surface area contributed by atoms with Gasteiger partial charge in [0.1, 0.15) is 5.25 Å². The van der Waals surface area contributed by atoms with Gasteiger partial charge in [-0.3, -0.25) is 4.18 Å². The van der Waals surface area contributed by atoms with Crippen LogP contribution in [0.25, 0.3) is 0 Å². The molecule has 1 fully saturated rings. The molecule has 0 bridgehead atoms. The molecule has 1 N–H and O–H groups in total. The Morgan fingerprint density at radius 1 is 1.47 bits per heavy atom. The van der Waals surface area contributed by atoms with Crippen molar-refractivity contribution in [3.8, 4) is 0 Å². The van der Waals surface area contributed by atoms with Crippen LogP contribution in [0.1, 0.15) is 6.92 Å². The largest absolute Gasteiger partial charge is 0.315 e. The maximum atomic E-state index is 12.4.